The third kappa shape index (κ3) is 7.20. The van der Waals surface area contributed by atoms with Crippen molar-refractivity contribution in [3.05, 3.63) is 63.2 Å². The van der Waals surface area contributed by atoms with Crippen LogP contribution in [0.3, 0.4) is 0 Å². The fraction of sp³-hybridized carbons (Fsp3) is 0.300. The van der Waals surface area contributed by atoms with Gasteiger partial charge in [0.15, 0.2) is 9.84 Å². The molecule has 2 amide bonds. The SMILES string of the molecule is CC(C)(C)OC(=O)NCCS(=O)(=O)c1ccc(NC(=O)c2cc([N+](=O)[O-])ccc2Cl)cc1. The van der Waals surface area contributed by atoms with Gasteiger partial charge < -0.3 is 15.4 Å². The average molecular weight is 484 g/mol. The van der Waals surface area contributed by atoms with Crippen LogP contribution in [0.4, 0.5) is 16.2 Å². The number of nitro groups is 1. The molecule has 2 aromatic rings. The van der Waals surface area contributed by atoms with Crippen molar-refractivity contribution >= 4 is 44.8 Å². The first kappa shape index (κ1) is 25.1. The standard InChI is InChI=1S/C20H22ClN3O7S/c1-20(2,3)31-19(26)22-10-11-32(29,30)15-7-4-13(5-8-15)23-18(25)16-12-14(24(27)28)6-9-17(16)21/h4-9,12H,10-11H2,1-3H3,(H,22,26)(H,23,25). The van der Waals surface area contributed by atoms with Crippen LogP contribution in [0.2, 0.25) is 5.02 Å². The summed E-state index contributed by atoms with van der Waals surface area (Å²) in [5, 5.41) is 15.8. The first-order chi connectivity index (χ1) is 14.8. The van der Waals surface area contributed by atoms with Crippen molar-refractivity contribution in [3.8, 4) is 0 Å². The number of rotatable bonds is 7. The summed E-state index contributed by atoms with van der Waals surface area (Å²) in [4.78, 5) is 34.3. The highest BCUT2D eigenvalue weighted by Crippen LogP contribution is 2.23. The fourth-order valence-corrected chi connectivity index (χ4v) is 3.82. The lowest BCUT2D eigenvalue weighted by atomic mass is 10.2. The smallest absolute Gasteiger partial charge is 0.407 e. The van der Waals surface area contributed by atoms with Gasteiger partial charge in [-0.05, 0) is 51.1 Å². The van der Waals surface area contributed by atoms with Gasteiger partial charge in [0.25, 0.3) is 11.6 Å². The molecule has 0 saturated carbocycles. The molecule has 0 fully saturated rings. The number of nitrogens with one attached hydrogen (secondary N) is 2. The summed E-state index contributed by atoms with van der Waals surface area (Å²) < 4.78 is 29.9. The number of amides is 2. The van der Waals surface area contributed by atoms with Crippen molar-refractivity contribution in [3.63, 3.8) is 0 Å². The molecule has 0 aliphatic rings. The number of non-ortho nitro benzene ring substituents is 1. The third-order valence-electron chi connectivity index (χ3n) is 3.92. The van der Waals surface area contributed by atoms with E-state index in [9.17, 15) is 28.1 Å². The number of nitro benzene ring substituents is 1. The molecule has 10 nitrogen and oxygen atoms in total. The zero-order chi connectivity index (χ0) is 24.1. The van der Waals surface area contributed by atoms with E-state index in [0.717, 1.165) is 6.07 Å². The summed E-state index contributed by atoms with van der Waals surface area (Å²) in [7, 11) is -3.70. The number of hydrogen-bond donors (Lipinski definition) is 2. The Balaban J connectivity index is 2.02. The van der Waals surface area contributed by atoms with Gasteiger partial charge in [0.1, 0.15) is 5.60 Å². The van der Waals surface area contributed by atoms with Gasteiger partial charge in [-0.2, -0.15) is 0 Å². The monoisotopic (exact) mass is 483 g/mol. The number of sulfone groups is 1. The van der Waals surface area contributed by atoms with E-state index < -0.39 is 32.4 Å². The first-order valence-electron chi connectivity index (χ1n) is 9.33. The third-order valence-corrected chi connectivity index (χ3v) is 5.98. The quantitative estimate of drug-likeness (QED) is 0.450. The van der Waals surface area contributed by atoms with Crippen molar-refractivity contribution in [2.45, 2.75) is 31.3 Å². The number of anilines is 1. The van der Waals surface area contributed by atoms with Crippen molar-refractivity contribution in [1.82, 2.24) is 5.32 Å². The minimum Gasteiger partial charge on any atom is -0.444 e. The van der Waals surface area contributed by atoms with Gasteiger partial charge in [-0.3, -0.25) is 14.9 Å². The molecule has 0 atom stereocenters. The number of halogens is 1. The Hall–Kier alpha value is -3.18. The van der Waals surface area contributed by atoms with Gasteiger partial charge in [0.05, 0.1) is 26.2 Å². The summed E-state index contributed by atoms with van der Waals surface area (Å²) in [6.45, 7) is 4.94. The van der Waals surface area contributed by atoms with E-state index in [1.807, 2.05) is 0 Å². The maximum Gasteiger partial charge on any atom is 0.407 e. The van der Waals surface area contributed by atoms with Crippen LogP contribution >= 0.6 is 11.6 Å². The molecule has 0 heterocycles. The van der Waals surface area contributed by atoms with E-state index in [1.165, 1.54) is 36.4 Å². The van der Waals surface area contributed by atoms with Crippen molar-refractivity contribution in [2.75, 3.05) is 17.6 Å². The van der Waals surface area contributed by atoms with E-state index in [4.69, 9.17) is 16.3 Å². The molecule has 2 rings (SSSR count). The molecule has 0 bridgehead atoms. The molecule has 172 valence electrons. The Morgan fingerprint density at radius 3 is 2.31 bits per heavy atom. The minimum absolute atomic E-state index is 0.00475. The van der Waals surface area contributed by atoms with Gasteiger partial charge in [0, 0.05) is 24.4 Å². The van der Waals surface area contributed by atoms with Gasteiger partial charge in [-0.15, -0.1) is 0 Å². The van der Waals surface area contributed by atoms with Crippen molar-refractivity contribution in [2.24, 2.45) is 0 Å². The van der Waals surface area contributed by atoms with E-state index in [2.05, 4.69) is 10.6 Å². The molecule has 0 aromatic heterocycles. The maximum atomic E-state index is 12.4. The molecular weight excluding hydrogens is 462 g/mol. The number of hydrogen-bond acceptors (Lipinski definition) is 7. The van der Waals surface area contributed by atoms with Crippen LogP contribution in [0.5, 0.6) is 0 Å². The second kappa shape index (κ2) is 9.96. The lowest BCUT2D eigenvalue weighted by Crippen LogP contribution is -2.35. The molecule has 2 aromatic carbocycles. The van der Waals surface area contributed by atoms with Crippen LogP contribution in [0.15, 0.2) is 47.4 Å². The van der Waals surface area contributed by atoms with Crippen LogP contribution in [0.1, 0.15) is 31.1 Å². The molecule has 12 heteroatoms. The summed E-state index contributed by atoms with van der Waals surface area (Å²) in [6.07, 6.45) is -0.717. The molecule has 0 unspecified atom stereocenters. The lowest BCUT2D eigenvalue weighted by Gasteiger charge is -2.19. The van der Waals surface area contributed by atoms with Crippen LogP contribution < -0.4 is 10.6 Å². The highest BCUT2D eigenvalue weighted by atomic mass is 35.5. The molecule has 0 aliphatic heterocycles. The number of ether oxygens (including phenoxy) is 1. The lowest BCUT2D eigenvalue weighted by molar-refractivity contribution is -0.384. The summed E-state index contributed by atoms with van der Waals surface area (Å²) >= 11 is 5.95. The fourth-order valence-electron chi connectivity index (χ4n) is 2.46. The zero-order valence-corrected chi connectivity index (χ0v) is 19.1. The molecule has 0 radical (unpaired) electrons. The summed E-state index contributed by atoms with van der Waals surface area (Å²) in [6, 6.07) is 8.82. The largest absolute Gasteiger partial charge is 0.444 e. The number of alkyl carbamates (subject to hydrolysis) is 1. The Morgan fingerprint density at radius 2 is 1.75 bits per heavy atom. The summed E-state index contributed by atoms with van der Waals surface area (Å²) in [5.41, 5.74) is -0.812. The Bertz CT molecular complexity index is 1130. The van der Waals surface area contributed by atoms with Crippen molar-refractivity contribution < 1.29 is 27.7 Å². The van der Waals surface area contributed by atoms with Gasteiger partial charge in [0.2, 0.25) is 0 Å². The van der Waals surface area contributed by atoms with Gasteiger partial charge in [-0.1, -0.05) is 11.6 Å². The summed E-state index contributed by atoms with van der Waals surface area (Å²) in [5.74, 6) is -1.03. The Labute approximate surface area is 190 Å². The molecule has 0 aliphatic carbocycles. The number of carbonyl (C=O) groups is 2. The highest BCUT2D eigenvalue weighted by Gasteiger charge is 2.19. The number of nitrogens with zero attached hydrogens (tertiary/aromatic N) is 1. The number of benzene rings is 2. The molecule has 0 spiro atoms. The Morgan fingerprint density at radius 1 is 1.12 bits per heavy atom. The maximum absolute atomic E-state index is 12.4. The van der Waals surface area contributed by atoms with Crippen molar-refractivity contribution in [1.29, 1.82) is 0 Å². The van der Waals surface area contributed by atoms with E-state index in [-0.39, 0.29) is 39.2 Å². The zero-order valence-electron chi connectivity index (χ0n) is 17.5. The minimum atomic E-state index is -3.70. The predicted octanol–water partition coefficient (Wildman–Crippen LogP) is 3.80. The topological polar surface area (TPSA) is 145 Å². The second-order valence-electron chi connectivity index (χ2n) is 7.65. The Kier molecular flexibility index (Phi) is 7.81. The molecule has 2 N–H and O–H groups in total. The van der Waals surface area contributed by atoms with Gasteiger partial charge >= 0.3 is 6.09 Å². The molecular formula is C20H22ClN3O7S. The number of carbonyl (C=O) groups excluding carboxylic acids is 2. The predicted molar refractivity (Wildman–Crippen MR) is 119 cm³/mol. The highest BCUT2D eigenvalue weighted by molar-refractivity contribution is 7.91. The molecule has 32 heavy (non-hydrogen) atoms. The van der Waals surface area contributed by atoms with E-state index in [1.54, 1.807) is 20.8 Å². The van der Waals surface area contributed by atoms with Gasteiger partial charge in [-0.25, -0.2) is 13.2 Å². The van der Waals surface area contributed by atoms with Crippen LogP contribution in [0, 0.1) is 10.1 Å². The van der Waals surface area contributed by atoms with Crippen LogP contribution in [0.25, 0.3) is 0 Å². The average Bonchev–Trinajstić information content (AvgIpc) is 2.67. The van der Waals surface area contributed by atoms with Crippen LogP contribution in [-0.2, 0) is 14.6 Å². The first-order valence-corrected chi connectivity index (χ1v) is 11.4. The van der Waals surface area contributed by atoms with Crippen LogP contribution in [-0.4, -0.2) is 43.2 Å². The normalized spacial score (nSPS) is 11.5. The molecule has 0 saturated heterocycles. The van der Waals surface area contributed by atoms with E-state index in [0.29, 0.717) is 0 Å². The van der Waals surface area contributed by atoms with E-state index >= 15 is 0 Å². The second-order valence-corrected chi connectivity index (χ2v) is 10.2.